The van der Waals surface area contributed by atoms with E-state index in [4.69, 9.17) is 21.7 Å². The summed E-state index contributed by atoms with van der Waals surface area (Å²) in [5.74, 6) is 1.41. The quantitative estimate of drug-likeness (QED) is 0.626. The van der Waals surface area contributed by atoms with Crippen LogP contribution in [0.1, 0.15) is 77.8 Å². The number of thiocarbonyl (C=S) groups is 1. The van der Waals surface area contributed by atoms with Crippen molar-refractivity contribution in [3.8, 4) is 5.75 Å². The van der Waals surface area contributed by atoms with Crippen LogP contribution < -0.4 is 15.4 Å². The van der Waals surface area contributed by atoms with Gasteiger partial charge in [-0.15, -0.1) is 0 Å². The van der Waals surface area contributed by atoms with E-state index in [1.807, 2.05) is 45.9 Å². The lowest BCUT2D eigenvalue weighted by Crippen LogP contribution is -2.36. The maximum absolute atomic E-state index is 12.5. The van der Waals surface area contributed by atoms with Gasteiger partial charge >= 0.3 is 6.09 Å². The molecule has 1 aliphatic carbocycles. The summed E-state index contributed by atoms with van der Waals surface area (Å²) in [6.45, 7) is 7.57. The van der Waals surface area contributed by atoms with Crippen LogP contribution in [0.4, 0.5) is 10.5 Å². The molecule has 0 aromatic heterocycles. The van der Waals surface area contributed by atoms with E-state index in [-0.39, 0.29) is 18.2 Å². The molecule has 1 heterocycles. The summed E-state index contributed by atoms with van der Waals surface area (Å²) in [7, 11) is 0. The number of benzene rings is 1. The van der Waals surface area contributed by atoms with E-state index in [1.165, 1.54) is 32.1 Å². The second kappa shape index (κ2) is 8.68. The van der Waals surface area contributed by atoms with Gasteiger partial charge in [0.25, 0.3) is 0 Å². The highest BCUT2D eigenvalue weighted by molar-refractivity contribution is 7.80. The van der Waals surface area contributed by atoms with E-state index in [0.717, 1.165) is 23.4 Å². The molecule has 2 unspecified atom stereocenters. The van der Waals surface area contributed by atoms with Crippen LogP contribution in [0.5, 0.6) is 5.75 Å². The number of anilines is 1. The Labute approximate surface area is 173 Å². The molecule has 1 aliphatic heterocycles. The van der Waals surface area contributed by atoms with Crippen molar-refractivity contribution in [2.75, 3.05) is 5.32 Å². The Balaban J connectivity index is 1.80. The summed E-state index contributed by atoms with van der Waals surface area (Å²) >= 11 is 5.35. The van der Waals surface area contributed by atoms with Crippen LogP contribution in [-0.4, -0.2) is 22.8 Å². The first-order chi connectivity index (χ1) is 13.2. The fourth-order valence-corrected chi connectivity index (χ4v) is 4.09. The van der Waals surface area contributed by atoms with Gasteiger partial charge in [-0.3, -0.25) is 0 Å². The maximum Gasteiger partial charge on any atom is 0.408 e. The number of hydrogen-bond acceptors (Lipinski definition) is 4. The molecular formula is C22H32N2O3S. The van der Waals surface area contributed by atoms with Gasteiger partial charge in [0.05, 0.1) is 11.7 Å². The Kier molecular flexibility index (Phi) is 6.48. The van der Waals surface area contributed by atoms with Crippen LogP contribution in [0, 0.1) is 5.92 Å². The van der Waals surface area contributed by atoms with Crippen LogP contribution in [0.3, 0.4) is 0 Å². The molecule has 1 aromatic carbocycles. The van der Waals surface area contributed by atoms with Crippen LogP contribution in [0.2, 0.25) is 0 Å². The van der Waals surface area contributed by atoms with Gasteiger partial charge in [-0.1, -0.05) is 50.4 Å². The number of carbonyl (C=O) groups excluding carboxylic acids is 1. The zero-order valence-electron chi connectivity index (χ0n) is 17.3. The molecule has 5 nitrogen and oxygen atoms in total. The zero-order valence-corrected chi connectivity index (χ0v) is 18.2. The van der Waals surface area contributed by atoms with Crippen molar-refractivity contribution in [3.05, 3.63) is 23.8 Å². The molecule has 0 saturated heterocycles. The molecule has 2 atom stereocenters. The Morgan fingerprint density at radius 1 is 1.32 bits per heavy atom. The average Bonchev–Trinajstić information content (AvgIpc) is 2.61. The van der Waals surface area contributed by atoms with Gasteiger partial charge in [-0.25, -0.2) is 4.79 Å². The highest BCUT2D eigenvalue weighted by atomic mass is 32.1. The van der Waals surface area contributed by atoms with E-state index in [9.17, 15) is 4.79 Å². The number of amides is 1. The Bertz CT molecular complexity index is 723. The number of ether oxygens (including phenoxy) is 2. The molecule has 28 heavy (non-hydrogen) atoms. The molecule has 1 aromatic rings. The lowest BCUT2D eigenvalue weighted by molar-refractivity contribution is 0.0494. The Morgan fingerprint density at radius 3 is 2.71 bits per heavy atom. The maximum atomic E-state index is 12.5. The number of fused-ring (bicyclic) bond motifs is 1. The van der Waals surface area contributed by atoms with Crippen molar-refractivity contribution in [2.45, 2.75) is 84.0 Å². The first kappa shape index (κ1) is 20.9. The number of rotatable bonds is 4. The third kappa shape index (κ3) is 5.60. The Morgan fingerprint density at radius 2 is 2.04 bits per heavy atom. The van der Waals surface area contributed by atoms with E-state index in [0.29, 0.717) is 10.9 Å². The summed E-state index contributed by atoms with van der Waals surface area (Å²) in [5.41, 5.74) is 1.39. The monoisotopic (exact) mass is 404 g/mol. The van der Waals surface area contributed by atoms with Crippen LogP contribution in [0.15, 0.2) is 18.2 Å². The number of carbonyl (C=O) groups is 1. The number of nitrogens with one attached hydrogen (secondary N) is 2. The topological polar surface area (TPSA) is 59.6 Å². The molecule has 0 spiro atoms. The smallest absolute Gasteiger partial charge is 0.408 e. The third-order valence-corrected chi connectivity index (χ3v) is 5.76. The van der Waals surface area contributed by atoms with Crippen molar-refractivity contribution in [3.63, 3.8) is 0 Å². The molecule has 3 rings (SSSR count). The van der Waals surface area contributed by atoms with E-state index < -0.39 is 5.60 Å². The molecule has 2 aliphatic rings. The molecule has 154 valence electrons. The summed E-state index contributed by atoms with van der Waals surface area (Å²) < 4.78 is 11.4. The number of hydrogen-bond donors (Lipinski definition) is 2. The molecule has 1 saturated carbocycles. The molecule has 1 fully saturated rings. The van der Waals surface area contributed by atoms with Crippen LogP contribution in [0.25, 0.3) is 0 Å². The van der Waals surface area contributed by atoms with Gasteiger partial charge in [-0.05, 0) is 57.7 Å². The predicted octanol–water partition coefficient (Wildman–Crippen LogP) is 5.74. The standard InChI is InChI=1S/C22H32N2O3S/c1-14-20(28)23-18-13-16(10-11-19(18)26-14)17(12-15-8-6-5-7-9-15)24-21(25)27-22(2,3)4/h10-11,13-15,17H,5-9,12H2,1-4H3,(H,23,28)(H,24,25). The summed E-state index contributed by atoms with van der Waals surface area (Å²) in [6, 6.07) is 5.93. The zero-order chi connectivity index (χ0) is 20.3. The van der Waals surface area contributed by atoms with Crippen molar-refractivity contribution in [2.24, 2.45) is 5.92 Å². The lowest BCUT2D eigenvalue weighted by atomic mass is 9.83. The van der Waals surface area contributed by atoms with Crippen LogP contribution >= 0.6 is 12.2 Å². The predicted molar refractivity (Wildman–Crippen MR) is 116 cm³/mol. The third-order valence-electron chi connectivity index (χ3n) is 5.32. The highest BCUT2D eigenvalue weighted by Gasteiger charge is 2.27. The minimum absolute atomic E-state index is 0.0991. The highest BCUT2D eigenvalue weighted by Crippen LogP contribution is 2.36. The summed E-state index contributed by atoms with van der Waals surface area (Å²) in [6.07, 6.45) is 6.72. The van der Waals surface area contributed by atoms with E-state index in [1.54, 1.807) is 0 Å². The minimum Gasteiger partial charge on any atom is -0.481 e. The van der Waals surface area contributed by atoms with Crippen molar-refractivity contribution < 1.29 is 14.3 Å². The van der Waals surface area contributed by atoms with Crippen LogP contribution in [-0.2, 0) is 4.74 Å². The van der Waals surface area contributed by atoms with E-state index in [2.05, 4.69) is 10.6 Å². The molecule has 6 heteroatoms. The largest absolute Gasteiger partial charge is 0.481 e. The minimum atomic E-state index is -0.521. The molecule has 2 N–H and O–H groups in total. The molecule has 0 bridgehead atoms. The molecule has 1 amide bonds. The average molecular weight is 405 g/mol. The first-order valence-corrected chi connectivity index (χ1v) is 10.7. The van der Waals surface area contributed by atoms with Gasteiger partial charge in [0, 0.05) is 0 Å². The van der Waals surface area contributed by atoms with Gasteiger partial charge in [0.15, 0.2) is 0 Å². The van der Waals surface area contributed by atoms with E-state index >= 15 is 0 Å². The fraction of sp³-hybridized carbons (Fsp3) is 0.636. The van der Waals surface area contributed by atoms with Gasteiger partial charge in [0.1, 0.15) is 22.4 Å². The fourth-order valence-electron chi connectivity index (χ4n) is 3.93. The summed E-state index contributed by atoms with van der Waals surface area (Å²) in [4.78, 5) is 13.1. The van der Waals surface area contributed by atoms with Crippen molar-refractivity contribution in [1.82, 2.24) is 5.32 Å². The van der Waals surface area contributed by atoms with Crippen molar-refractivity contribution >= 4 is 29.0 Å². The van der Waals surface area contributed by atoms with Gasteiger partial charge in [-0.2, -0.15) is 0 Å². The van der Waals surface area contributed by atoms with Gasteiger partial charge < -0.3 is 20.1 Å². The molecule has 0 radical (unpaired) electrons. The van der Waals surface area contributed by atoms with Gasteiger partial charge in [0.2, 0.25) is 0 Å². The second-order valence-electron chi connectivity index (χ2n) is 8.94. The normalized spacial score (nSPS) is 21.1. The Hall–Kier alpha value is -1.82. The SMILES string of the molecule is CC1Oc2ccc(C(CC3CCCCC3)NC(=O)OC(C)(C)C)cc2NC1=S. The molecular weight excluding hydrogens is 372 g/mol. The first-order valence-electron chi connectivity index (χ1n) is 10.3. The lowest BCUT2D eigenvalue weighted by Gasteiger charge is -2.30. The van der Waals surface area contributed by atoms with Crippen molar-refractivity contribution in [1.29, 1.82) is 0 Å². The number of alkyl carbamates (subject to hydrolysis) is 1. The summed E-state index contributed by atoms with van der Waals surface area (Å²) in [5, 5.41) is 6.36. The second-order valence-corrected chi connectivity index (χ2v) is 9.38.